The maximum atomic E-state index is 13.4. The number of carbonyl (C=O) groups is 2. The number of sulfonamides is 1. The molecule has 11 heteroatoms. The summed E-state index contributed by atoms with van der Waals surface area (Å²) in [6.45, 7) is 4.95. The van der Waals surface area contributed by atoms with E-state index in [9.17, 15) is 23.1 Å². The molecule has 0 radical (unpaired) electrons. The number of fused-ring (bicyclic) bond motifs is 4. The number of nitrogens with zero attached hydrogens (tertiary/aromatic N) is 1. The lowest BCUT2D eigenvalue weighted by Crippen LogP contribution is -2.53. The summed E-state index contributed by atoms with van der Waals surface area (Å²) in [7, 11) is -2.71. The van der Waals surface area contributed by atoms with Crippen molar-refractivity contribution in [3.05, 3.63) is 70.3 Å². The molecule has 248 valence electrons. The summed E-state index contributed by atoms with van der Waals surface area (Å²) in [6.07, 6.45) is 7.97. The number of hydrogen-bond acceptors (Lipinski definition) is 8. The first-order valence-corrected chi connectivity index (χ1v) is 18.1. The second-order valence-corrected chi connectivity index (χ2v) is 16.2. The lowest BCUT2D eigenvalue weighted by atomic mass is 9.63. The van der Waals surface area contributed by atoms with Crippen molar-refractivity contribution in [1.29, 1.82) is 0 Å². The summed E-state index contributed by atoms with van der Waals surface area (Å²) in [5, 5.41) is 11.9. The maximum absolute atomic E-state index is 13.4. The van der Waals surface area contributed by atoms with Gasteiger partial charge in [-0.1, -0.05) is 36.7 Å². The van der Waals surface area contributed by atoms with E-state index in [0.29, 0.717) is 42.6 Å². The Balaban J connectivity index is 1.45. The molecule has 1 fully saturated rings. The number of allylic oxidation sites excluding steroid dienone is 1. The molecule has 6 atom stereocenters. The number of benzene rings is 2. The average molecular weight is 671 g/mol. The first-order valence-electron chi connectivity index (χ1n) is 16.2. The van der Waals surface area contributed by atoms with Crippen LogP contribution in [0.4, 0.5) is 5.69 Å². The number of nitrogens with one attached hydrogen (secondary N) is 1. The van der Waals surface area contributed by atoms with Gasteiger partial charge in [-0.05, 0) is 105 Å². The minimum absolute atomic E-state index is 0.0395. The smallest absolute Gasteiger partial charge is 0.308 e. The predicted octanol–water partition coefficient (Wildman–Crippen LogP) is 5.18. The number of ether oxygens (including phenoxy) is 2. The topological polar surface area (TPSA) is 122 Å². The first kappa shape index (κ1) is 32.8. The van der Waals surface area contributed by atoms with E-state index in [2.05, 4.69) is 15.7 Å². The van der Waals surface area contributed by atoms with Crippen molar-refractivity contribution in [3.63, 3.8) is 0 Å². The third kappa shape index (κ3) is 6.16. The maximum Gasteiger partial charge on any atom is 0.308 e. The van der Waals surface area contributed by atoms with Gasteiger partial charge in [0.15, 0.2) is 0 Å². The Morgan fingerprint density at radius 3 is 2.74 bits per heavy atom. The fraction of sp³-hybridized carbons (Fsp3) is 0.543. The van der Waals surface area contributed by atoms with Gasteiger partial charge in [-0.25, -0.2) is 13.1 Å². The van der Waals surface area contributed by atoms with Crippen molar-refractivity contribution in [2.24, 2.45) is 17.8 Å². The Bertz CT molecular complexity index is 1660. The van der Waals surface area contributed by atoms with Gasteiger partial charge in [-0.15, -0.1) is 0 Å². The number of hydrogen-bond donors (Lipinski definition) is 2. The van der Waals surface area contributed by atoms with Gasteiger partial charge in [0, 0.05) is 29.1 Å². The van der Waals surface area contributed by atoms with E-state index in [-0.39, 0.29) is 35.2 Å². The number of esters is 1. The van der Waals surface area contributed by atoms with Crippen LogP contribution in [-0.4, -0.2) is 63.1 Å². The number of halogens is 1. The van der Waals surface area contributed by atoms with Crippen LogP contribution in [0.2, 0.25) is 5.02 Å². The van der Waals surface area contributed by atoms with E-state index < -0.39 is 32.8 Å². The Morgan fingerprint density at radius 2 is 2.00 bits per heavy atom. The van der Waals surface area contributed by atoms with Gasteiger partial charge in [0.1, 0.15) is 5.75 Å². The van der Waals surface area contributed by atoms with Crippen LogP contribution in [0.1, 0.15) is 73.9 Å². The van der Waals surface area contributed by atoms with Crippen LogP contribution in [0.3, 0.4) is 0 Å². The van der Waals surface area contributed by atoms with Crippen LogP contribution in [0.25, 0.3) is 0 Å². The summed E-state index contributed by atoms with van der Waals surface area (Å²) < 4.78 is 40.4. The third-order valence-electron chi connectivity index (χ3n) is 10.9. The first-order chi connectivity index (χ1) is 21.8. The standard InChI is InChI=1S/C35H43ClN2O7S/c1-22-6-4-15-35(41,18-32(39)44-3)29-11-8-26(29)19-38-20-34(14-5-7-24-16-27(36)10-12-28(24)34)21-45-31-13-9-25(17-30(31)38)33(40)37-46(42,43)23(22)2/h4,9-10,12-13,15-17,22-23,26,29,41H,5-8,11,14,18-21H2,1-3H3,(H,37,40)/b15-4+/t22-,23+,26-,29+,34-,35?/m0/s1. The Labute approximate surface area is 276 Å². The molecular weight excluding hydrogens is 628 g/mol. The lowest BCUT2D eigenvalue weighted by molar-refractivity contribution is -0.149. The second kappa shape index (κ2) is 12.5. The molecule has 46 heavy (non-hydrogen) atoms. The highest BCUT2D eigenvalue weighted by Crippen LogP contribution is 2.49. The highest BCUT2D eigenvalue weighted by atomic mass is 35.5. The monoisotopic (exact) mass is 670 g/mol. The molecule has 0 aromatic heterocycles. The number of aryl methyl sites for hydroxylation is 1. The normalized spacial score (nSPS) is 32.9. The van der Waals surface area contributed by atoms with Crippen LogP contribution >= 0.6 is 11.6 Å². The number of rotatable bonds is 2. The number of amides is 1. The molecule has 2 aromatic carbocycles. The molecule has 2 heterocycles. The summed E-state index contributed by atoms with van der Waals surface area (Å²) in [6, 6.07) is 11.1. The van der Waals surface area contributed by atoms with E-state index in [1.165, 1.54) is 18.2 Å². The summed E-state index contributed by atoms with van der Waals surface area (Å²) in [5.74, 6) is -1.13. The van der Waals surface area contributed by atoms with Gasteiger partial charge in [-0.3, -0.25) is 9.59 Å². The molecule has 2 bridgehead atoms. The number of methoxy groups -OCH3 is 1. The Kier molecular flexibility index (Phi) is 8.93. The van der Waals surface area contributed by atoms with Crippen molar-refractivity contribution in [3.8, 4) is 5.75 Å². The molecule has 1 amide bonds. The number of aliphatic hydroxyl groups is 1. The minimum Gasteiger partial charge on any atom is -0.490 e. The molecule has 2 aromatic rings. The highest BCUT2D eigenvalue weighted by Gasteiger charge is 2.49. The van der Waals surface area contributed by atoms with E-state index >= 15 is 0 Å². The molecule has 1 saturated carbocycles. The molecular formula is C35H43ClN2O7S. The van der Waals surface area contributed by atoms with Crippen molar-refractivity contribution in [2.75, 3.05) is 31.7 Å². The van der Waals surface area contributed by atoms with E-state index in [4.69, 9.17) is 21.1 Å². The highest BCUT2D eigenvalue weighted by molar-refractivity contribution is 7.90. The SMILES string of the molecule is COC(=O)CC1(O)/C=C/C[C@H](C)[C@@H](C)S(=O)(=O)NC(=O)c2ccc3c(c2)N(C[C@@H]2CC[C@H]21)C[C@@]1(CCCc2cc(Cl)ccc21)CO3. The molecule has 2 aliphatic heterocycles. The lowest BCUT2D eigenvalue weighted by Gasteiger charge is -2.49. The molecule has 6 rings (SSSR count). The third-order valence-corrected chi connectivity index (χ3v) is 13.1. The molecule has 1 spiro atoms. The fourth-order valence-corrected chi connectivity index (χ4v) is 9.35. The Morgan fingerprint density at radius 1 is 1.20 bits per heavy atom. The van der Waals surface area contributed by atoms with Crippen LogP contribution in [-0.2, 0) is 31.4 Å². The zero-order chi connectivity index (χ0) is 32.9. The molecule has 9 nitrogen and oxygen atoms in total. The van der Waals surface area contributed by atoms with Gasteiger partial charge in [-0.2, -0.15) is 0 Å². The van der Waals surface area contributed by atoms with E-state index in [1.807, 2.05) is 12.1 Å². The number of carbonyl (C=O) groups excluding carboxylic acids is 2. The van der Waals surface area contributed by atoms with Gasteiger partial charge >= 0.3 is 5.97 Å². The number of anilines is 1. The van der Waals surface area contributed by atoms with Crippen LogP contribution in [0.15, 0.2) is 48.6 Å². The Hall–Kier alpha value is -3.08. The summed E-state index contributed by atoms with van der Waals surface area (Å²) in [4.78, 5) is 28.2. The molecule has 2 aliphatic carbocycles. The second-order valence-electron chi connectivity index (χ2n) is 13.8. The van der Waals surface area contributed by atoms with Crippen molar-refractivity contribution in [1.82, 2.24) is 4.72 Å². The van der Waals surface area contributed by atoms with E-state index in [1.54, 1.807) is 44.2 Å². The van der Waals surface area contributed by atoms with Crippen LogP contribution in [0.5, 0.6) is 5.75 Å². The fourth-order valence-electron chi connectivity index (χ4n) is 7.87. The zero-order valence-corrected chi connectivity index (χ0v) is 28.2. The van der Waals surface area contributed by atoms with Crippen LogP contribution < -0.4 is 14.4 Å². The summed E-state index contributed by atoms with van der Waals surface area (Å²) in [5.41, 5.74) is 1.52. The van der Waals surface area contributed by atoms with Gasteiger partial charge in [0.2, 0.25) is 10.0 Å². The summed E-state index contributed by atoms with van der Waals surface area (Å²) >= 11 is 6.40. The van der Waals surface area contributed by atoms with Crippen molar-refractivity contribution >= 4 is 39.2 Å². The molecule has 0 saturated heterocycles. The van der Waals surface area contributed by atoms with Gasteiger partial charge in [0.05, 0.1) is 36.7 Å². The van der Waals surface area contributed by atoms with Crippen molar-refractivity contribution in [2.45, 2.75) is 75.1 Å². The molecule has 2 N–H and O–H groups in total. The van der Waals surface area contributed by atoms with Crippen molar-refractivity contribution < 1.29 is 32.6 Å². The van der Waals surface area contributed by atoms with Crippen LogP contribution in [0, 0.1) is 17.8 Å². The van der Waals surface area contributed by atoms with Gasteiger partial charge in [0.25, 0.3) is 5.91 Å². The largest absolute Gasteiger partial charge is 0.490 e. The predicted molar refractivity (Wildman–Crippen MR) is 177 cm³/mol. The van der Waals surface area contributed by atoms with Gasteiger partial charge < -0.3 is 19.5 Å². The average Bonchev–Trinajstić information content (AvgIpc) is 3.14. The van der Waals surface area contributed by atoms with E-state index in [0.717, 1.165) is 32.1 Å². The quantitative estimate of drug-likeness (QED) is 0.331. The molecule has 1 unspecified atom stereocenters. The molecule has 4 aliphatic rings. The zero-order valence-electron chi connectivity index (χ0n) is 26.6. The minimum atomic E-state index is -4.02.